The first-order valence-corrected chi connectivity index (χ1v) is 6.34. The molecule has 5 heteroatoms. The summed E-state index contributed by atoms with van der Waals surface area (Å²) in [5.41, 5.74) is 1.02. The molecule has 0 saturated carbocycles. The number of rotatable bonds is 8. The number of nitrogens with one attached hydrogen (secondary N) is 1. The predicted octanol–water partition coefficient (Wildman–Crippen LogP) is 1.05. The molecule has 19 heavy (non-hydrogen) atoms. The van der Waals surface area contributed by atoms with Crippen LogP contribution in [0.5, 0.6) is 5.75 Å². The lowest BCUT2D eigenvalue weighted by Crippen LogP contribution is -2.44. The van der Waals surface area contributed by atoms with Gasteiger partial charge in [-0.2, -0.15) is 0 Å². The topological polar surface area (TPSA) is 78.8 Å². The summed E-state index contributed by atoms with van der Waals surface area (Å²) in [5, 5.41) is 20.8. The van der Waals surface area contributed by atoms with E-state index < -0.39 is 12.0 Å². The number of ether oxygens (including phenoxy) is 1. The molecule has 1 rings (SSSR count). The number of carboxylic acid groups (broad SMARTS) is 1. The third-order valence-electron chi connectivity index (χ3n) is 2.57. The standard InChI is InChI=1S/C14H21NO4/c1-10(2)15-13(14(17)18)9-19-12-5-3-11(4-6-12)7-8-16/h3-6,10,13,15-16H,7-9H2,1-2H3,(H,17,18). The predicted molar refractivity (Wildman–Crippen MR) is 72.4 cm³/mol. The van der Waals surface area contributed by atoms with Crippen LogP contribution in [0.2, 0.25) is 0 Å². The third kappa shape index (κ3) is 5.72. The smallest absolute Gasteiger partial charge is 0.324 e. The fourth-order valence-electron chi connectivity index (χ4n) is 1.65. The van der Waals surface area contributed by atoms with Crippen molar-refractivity contribution in [3.63, 3.8) is 0 Å². The van der Waals surface area contributed by atoms with E-state index in [1.807, 2.05) is 26.0 Å². The van der Waals surface area contributed by atoms with Crippen molar-refractivity contribution in [1.29, 1.82) is 0 Å². The van der Waals surface area contributed by atoms with Crippen molar-refractivity contribution in [3.05, 3.63) is 29.8 Å². The average Bonchev–Trinajstić information content (AvgIpc) is 2.36. The first kappa shape index (κ1) is 15.5. The lowest BCUT2D eigenvalue weighted by Gasteiger charge is -2.17. The van der Waals surface area contributed by atoms with E-state index in [2.05, 4.69) is 5.32 Å². The summed E-state index contributed by atoms with van der Waals surface area (Å²) in [7, 11) is 0. The molecule has 0 aromatic heterocycles. The van der Waals surface area contributed by atoms with Crippen LogP contribution in [0.3, 0.4) is 0 Å². The minimum absolute atomic E-state index is 0.0762. The van der Waals surface area contributed by atoms with Gasteiger partial charge in [0.1, 0.15) is 18.4 Å². The Morgan fingerprint density at radius 2 is 1.95 bits per heavy atom. The van der Waals surface area contributed by atoms with Crippen LogP contribution in [0, 0.1) is 0 Å². The van der Waals surface area contributed by atoms with E-state index in [0.717, 1.165) is 5.56 Å². The van der Waals surface area contributed by atoms with Crippen molar-refractivity contribution in [1.82, 2.24) is 5.32 Å². The number of aliphatic hydroxyl groups is 1. The highest BCUT2D eigenvalue weighted by atomic mass is 16.5. The van der Waals surface area contributed by atoms with Crippen molar-refractivity contribution < 1.29 is 19.7 Å². The molecule has 1 aromatic rings. The molecule has 3 N–H and O–H groups in total. The van der Waals surface area contributed by atoms with Crippen LogP contribution in [0.4, 0.5) is 0 Å². The maximum atomic E-state index is 11.0. The Labute approximate surface area is 113 Å². The van der Waals surface area contributed by atoms with E-state index in [1.165, 1.54) is 0 Å². The summed E-state index contributed by atoms with van der Waals surface area (Å²) >= 11 is 0. The van der Waals surface area contributed by atoms with Crippen molar-refractivity contribution in [2.45, 2.75) is 32.4 Å². The monoisotopic (exact) mass is 267 g/mol. The summed E-state index contributed by atoms with van der Waals surface area (Å²) in [6.07, 6.45) is 0.604. The first-order chi connectivity index (χ1) is 9.02. The van der Waals surface area contributed by atoms with E-state index in [4.69, 9.17) is 14.9 Å². The zero-order chi connectivity index (χ0) is 14.3. The van der Waals surface area contributed by atoms with Crippen molar-refractivity contribution in [3.8, 4) is 5.75 Å². The van der Waals surface area contributed by atoms with Crippen molar-refractivity contribution in [2.24, 2.45) is 0 Å². The fraction of sp³-hybridized carbons (Fsp3) is 0.500. The van der Waals surface area contributed by atoms with Crippen LogP contribution in [-0.4, -0.2) is 41.5 Å². The number of hydrogen-bond acceptors (Lipinski definition) is 4. The molecule has 0 aliphatic rings. The van der Waals surface area contributed by atoms with Crippen molar-refractivity contribution in [2.75, 3.05) is 13.2 Å². The molecule has 0 bridgehead atoms. The second-order valence-electron chi connectivity index (χ2n) is 4.64. The van der Waals surface area contributed by atoms with E-state index in [-0.39, 0.29) is 19.3 Å². The molecule has 5 nitrogen and oxygen atoms in total. The molecule has 0 aliphatic heterocycles. The average molecular weight is 267 g/mol. The van der Waals surface area contributed by atoms with Crippen LogP contribution in [-0.2, 0) is 11.2 Å². The van der Waals surface area contributed by atoms with Gasteiger partial charge in [0.15, 0.2) is 0 Å². The Morgan fingerprint density at radius 1 is 1.32 bits per heavy atom. The van der Waals surface area contributed by atoms with Gasteiger partial charge in [0.05, 0.1) is 0 Å². The maximum absolute atomic E-state index is 11.0. The highest BCUT2D eigenvalue weighted by Crippen LogP contribution is 2.12. The van der Waals surface area contributed by atoms with Crippen LogP contribution in [0.25, 0.3) is 0 Å². The number of aliphatic carboxylic acids is 1. The molecule has 106 valence electrons. The van der Waals surface area contributed by atoms with Crippen LogP contribution >= 0.6 is 0 Å². The molecule has 1 unspecified atom stereocenters. The zero-order valence-electron chi connectivity index (χ0n) is 11.3. The molecule has 1 aromatic carbocycles. The Kier molecular flexibility index (Phi) is 6.32. The number of benzene rings is 1. The second-order valence-corrected chi connectivity index (χ2v) is 4.64. The van der Waals surface area contributed by atoms with E-state index in [0.29, 0.717) is 12.2 Å². The van der Waals surface area contributed by atoms with Crippen LogP contribution in [0.15, 0.2) is 24.3 Å². The number of carbonyl (C=O) groups is 1. The lowest BCUT2D eigenvalue weighted by atomic mass is 10.1. The zero-order valence-corrected chi connectivity index (χ0v) is 11.3. The third-order valence-corrected chi connectivity index (χ3v) is 2.57. The largest absolute Gasteiger partial charge is 0.491 e. The van der Waals surface area contributed by atoms with Crippen molar-refractivity contribution >= 4 is 5.97 Å². The van der Waals surface area contributed by atoms with E-state index >= 15 is 0 Å². The molecule has 0 fully saturated rings. The second kappa shape index (κ2) is 7.76. The van der Waals surface area contributed by atoms with Gasteiger partial charge in [0, 0.05) is 12.6 Å². The van der Waals surface area contributed by atoms with Crippen LogP contribution in [0.1, 0.15) is 19.4 Å². The molecule has 0 amide bonds. The van der Waals surface area contributed by atoms with Gasteiger partial charge in [-0.25, -0.2) is 0 Å². The van der Waals surface area contributed by atoms with Gasteiger partial charge >= 0.3 is 5.97 Å². The Morgan fingerprint density at radius 3 is 2.42 bits per heavy atom. The highest BCUT2D eigenvalue weighted by Gasteiger charge is 2.18. The molecule has 0 heterocycles. The van der Waals surface area contributed by atoms with Gasteiger partial charge < -0.3 is 14.9 Å². The maximum Gasteiger partial charge on any atom is 0.324 e. The Bertz CT molecular complexity index is 389. The summed E-state index contributed by atoms with van der Waals surface area (Å²) in [4.78, 5) is 11.0. The molecule has 0 spiro atoms. The summed E-state index contributed by atoms with van der Waals surface area (Å²) in [6.45, 7) is 3.96. The van der Waals surface area contributed by atoms with Gasteiger partial charge in [0.2, 0.25) is 0 Å². The lowest BCUT2D eigenvalue weighted by molar-refractivity contribution is -0.140. The SMILES string of the molecule is CC(C)NC(COc1ccc(CCO)cc1)C(=O)O. The number of carboxylic acids is 1. The van der Waals surface area contributed by atoms with Gasteiger partial charge in [-0.1, -0.05) is 26.0 Å². The Hall–Kier alpha value is -1.59. The van der Waals surface area contributed by atoms with E-state index in [9.17, 15) is 4.79 Å². The summed E-state index contributed by atoms with van der Waals surface area (Å²) < 4.78 is 5.46. The van der Waals surface area contributed by atoms with Gasteiger partial charge in [-0.15, -0.1) is 0 Å². The molecule has 0 aliphatic carbocycles. The molecule has 0 radical (unpaired) electrons. The minimum Gasteiger partial charge on any atom is -0.491 e. The minimum atomic E-state index is -0.925. The first-order valence-electron chi connectivity index (χ1n) is 6.34. The summed E-state index contributed by atoms with van der Waals surface area (Å²) in [5.74, 6) is -0.302. The van der Waals surface area contributed by atoms with Gasteiger partial charge in [-0.3, -0.25) is 10.1 Å². The fourth-order valence-corrected chi connectivity index (χ4v) is 1.65. The number of hydrogen-bond donors (Lipinski definition) is 3. The quantitative estimate of drug-likeness (QED) is 0.656. The van der Waals surface area contributed by atoms with Crippen LogP contribution < -0.4 is 10.1 Å². The summed E-state index contributed by atoms with van der Waals surface area (Å²) in [6, 6.07) is 6.63. The van der Waals surface area contributed by atoms with E-state index in [1.54, 1.807) is 12.1 Å². The molecular formula is C14H21NO4. The molecular weight excluding hydrogens is 246 g/mol. The normalized spacial score (nSPS) is 12.4. The molecule has 0 saturated heterocycles. The van der Waals surface area contributed by atoms with Gasteiger partial charge in [-0.05, 0) is 24.1 Å². The molecule has 1 atom stereocenters. The number of aliphatic hydroxyl groups excluding tert-OH is 1. The highest BCUT2D eigenvalue weighted by molar-refractivity contribution is 5.73. The Balaban J connectivity index is 2.51. The van der Waals surface area contributed by atoms with Gasteiger partial charge in [0.25, 0.3) is 0 Å².